The molecule has 0 aromatic rings. The monoisotopic (exact) mass is 252 g/mol. The van der Waals surface area contributed by atoms with E-state index in [1.54, 1.807) is 18.7 Å². The highest BCUT2D eigenvalue weighted by Gasteiger charge is 2.50. The highest BCUT2D eigenvalue weighted by Crippen LogP contribution is 2.31. The van der Waals surface area contributed by atoms with Crippen LogP contribution in [0.25, 0.3) is 0 Å². The Kier molecular flexibility index (Phi) is 3.16. The van der Waals surface area contributed by atoms with Crippen LogP contribution in [0.15, 0.2) is 0 Å². The van der Waals surface area contributed by atoms with E-state index in [4.69, 9.17) is 0 Å². The van der Waals surface area contributed by atoms with Gasteiger partial charge in [0, 0.05) is 6.54 Å². The van der Waals surface area contributed by atoms with Crippen LogP contribution in [0.5, 0.6) is 0 Å². The van der Waals surface area contributed by atoms with Crippen molar-refractivity contribution in [1.82, 2.24) is 10.2 Å². The summed E-state index contributed by atoms with van der Waals surface area (Å²) in [5.41, 5.74) is -1.50. The standard InChI is InChI=1S/C14H24N2O2/c1-13(2)12(18)16(9-10-7-5-6-8-10)14(3,4)11(17)15-13/h10H,5-9H2,1-4H3,(H,15,17). The topological polar surface area (TPSA) is 49.4 Å². The summed E-state index contributed by atoms with van der Waals surface area (Å²) in [4.78, 5) is 26.5. The minimum Gasteiger partial charge on any atom is -0.340 e. The average molecular weight is 252 g/mol. The van der Waals surface area contributed by atoms with Crippen LogP contribution in [0.3, 0.4) is 0 Å². The lowest BCUT2D eigenvalue weighted by Gasteiger charge is -2.48. The van der Waals surface area contributed by atoms with E-state index < -0.39 is 11.1 Å². The maximum absolute atomic E-state index is 12.5. The van der Waals surface area contributed by atoms with Gasteiger partial charge in [-0.3, -0.25) is 9.59 Å². The van der Waals surface area contributed by atoms with Crippen molar-refractivity contribution in [2.45, 2.75) is 64.5 Å². The lowest BCUT2D eigenvalue weighted by molar-refractivity contribution is -0.160. The van der Waals surface area contributed by atoms with E-state index >= 15 is 0 Å². The Morgan fingerprint density at radius 3 is 2.28 bits per heavy atom. The highest BCUT2D eigenvalue weighted by atomic mass is 16.2. The molecule has 18 heavy (non-hydrogen) atoms. The fraction of sp³-hybridized carbons (Fsp3) is 0.857. The third kappa shape index (κ3) is 2.13. The fourth-order valence-corrected chi connectivity index (χ4v) is 2.97. The zero-order valence-corrected chi connectivity index (χ0v) is 11.9. The van der Waals surface area contributed by atoms with Gasteiger partial charge in [0.25, 0.3) is 0 Å². The van der Waals surface area contributed by atoms with Crippen molar-refractivity contribution < 1.29 is 9.59 Å². The van der Waals surface area contributed by atoms with Gasteiger partial charge in [-0.25, -0.2) is 0 Å². The molecule has 2 rings (SSSR count). The number of carbonyl (C=O) groups is 2. The summed E-state index contributed by atoms with van der Waals surface area (Å²) < 4.78 is 0. The summed E-state index contributed by atoms with van der Waals surface area (Å²) in [5, 5.41) is 2.82. The third-order valence-corrected chi connectivity index (χ3v) is 4.35. The molecule has 1 aliphatic carbocycles. The summed E-state index contributed by atoms with van der Waals surface area (Å²) >= 11 is 0. The van der Waals surface area contributed by atoms with Gasteiger partial charge in [-0.15, -0.1) is 0 Å². The molecule has 1 aliphatic heterocycles. The molecule has 2 fully saturated rings. The molecule has 0 atom stereocenters. The lowest BCUT2D eigenvalue weighted by Crippen LogP contribution is -2.72. The number of carbonyl (C=O) groups excluding carboxylic acids is 2. The molecule has 102 valence electrons. The smallest absolute Gasteiger partial charge is 0.248 e. The van der Waals surface area contributed by atoms with Crippen LogP contribution in [0.4, 0.5) is 0 Å². The van der Waals surface area contributed by atoms with Gasteiger partial charge in [0.15, 0.2) is 0 Å². The second-order valence-corrected chi connectivity index (χ2v) is 6.70. The Balaban J connectivity index is 2.21. The fourth-order valence-electron chi connectivity index (χ4n) is 2.97. The summed E-state index contributed by atoms with van der Waals surface area (Å²) in [6.07, 6.45) is 4.87. The van der Waals surface area contributed by atoms with Gasteiger partial charge in [-0.1, -0.05) is 12.8 Å². The molecule has 0 unspecified atom stereocenters. The number of piperazine rings is 1. The zero-order chi connectivity index (χ0) is 13.6. The molecule has 2 aliphatic rings. The van der Waals surface area contributed by atoms with Crippen LogP contribution in [-0.4, -0.2) is 34.3 Å². The quantitative estimate of drug-likeness (QED) is 0.813. The number of nitrogens with one attached hydrogen (secondary N) is 1. The van der Waals surface area contributed by atoms with E-state index in [1.807, 2.05) is 13.8 Å². The molecule has 0 bridgehead atoms. The number of rotatable bonds is 2. The van der Waals surface area contributed by atoms with E-state index in [9.17, 15) is 9.59 Å². The first kappa shape index (κ1) is 13.4. The number of hydrogen-bond donors (Lipinski definition) is 1. The molecule has 1 heterocycles. The van der Waals surface area contributed by atoms with Crippen molar-refractivity contribution >= 4 is 11.8 Å². The minimum absolute atomic E-state index is 0.0407. The molecule has 1 saturated heterocycles. The third-order valence-electron chi connectivity index (χ3n) is 4.35. The van der Waals surface area contributed by atoms with Crippen molar-refractivity contribution in [2.75, 3.05) is 6.54 Å². The molecule has 1 N–H and O–H groups in total. The zero-order valence-electron chi connectivity index (χ0n) is 11.9. The number of amides is 2. The Hall–Kier alpha value is -1.06. The van der Waals surface area contributed by atoms with E-state index in [2.05, 4.69) is 5.32 Å². The average Bonchev–Trinajstić information content (AvgIpc) is 2.75. The first-order valence-electron chi connectivity index (χ1n) is 6.90. The van der Waals surface area contributed by atoms with Crippen molar-refractivity contribution in [3.05, 3.63) is 0 Å². The van der Waals surface area contributed by atoms with Crippen LogP contribution in [-0.2, 0) is 9.59 Å². The summed E-state index contributed by atoms with van der Waals surface area (Å²) in [6.45, 7) is 7.96. The van der Waals surface area contributed by atoms with Crippen LogP contribution in [0.2, 0.25) is 0 Å². The number of hydrogen-bond acceptors (Lipinski definition) is 2. The van der Waals surface area contributed by atoms with Crippen molar-refractivity contribution in [2.24, 2.45) is 5.92 Å². The molecule has 4 heteroatoms. The van der Waals surface area contributed by atoms with Gasteiger partial charge in [-0.05, 0) is 46.5 Å². The molecule has 1 saturated carbocycles. The molecule has 2 amide bonds. The van der Waals surface area contributed by atoms with Gasteiger partial charge in [0.05, 0.1) is 0 Å². The van der Waals surface area contributed by atoms with Gasteiger partial charge < -0.3 is 10.2 Å². The molecule has 4 nitrogen and oxygen atoms in total. The van der Waals surface area contributed by atoms with E-state index in [0.29, 0.717) is 5.92 Å². The Morgan fingerprint density at radius 2 is 1.72 bits per heavy atom. The largest absolute Gasteiger partial charge is 0.340 e. The van der Waals surface area contributed by atoms with Crippen LogP contribution < -0.4 is 5.32 Å². The molecular formula is C14H24N2O2. The maximum Gasteiger partial charge on any atom is 0.248 e. The maximum atomic E-state index is 12.5. The van der Waals surface area contributed by atoms with E-state index in [-0.39, 0.29) is 11.8 Å². The first-order chi connectivity index (χ1) is 8.25. The van der Waals surface area contributed by atoms with Crippen molar-refractivity contribution in [3.8, 4) is 0 Å². The number of nitrogens with zero attached hydrogens (tertiary/aromatic N) is 1. The van der Waals surface area contributed by atoms with Gasteiger partial charge in [-0.2, -0.15) is 0 Å². The molecule has 0 aromatic heterocycles. The SMILES string of the molecule is CC1(C)NC(=O)C(C)(C)N(CC2CCCC2)C1=O. The lowest BCUT2D eigenvalue weighted by atomic mass is 9.88. The summed E-state index contributed by atoms with van der Waals surface area (Å²) in [7, 11) is 0. The van der Waals surface area contributed by atoms with E-state index in [0.717, 1.165) is 6.54 Å². The molecular weight excluding hydrogens is 228 g/mol. The first-order valence-corrected chi connectivity index (χ1v) is 6.90. The van der Waals surface area contributed by atoms with Crippen LogP contribution >= 0.6 is 0 Å². The van der Waals surface area contributed by atoms with Gasteiger partial charge in [0.1, 0.15) is 11.1 Å². The predicted octanol–water partition coefficient (Wildman–Crippen LogP) is 1.69. The molecule has 0 radical (unpaired) electrons. The summed E-state index contributed by atoms with van der Waals surface area (Å²) in [5.74, 6) is 0.555. The highest BCUT2D eigenvalue weighted by molar-refractivity contribution is 6.01. The van der Waals surface area contributed by atoms with Crippen LogP contribution in [0, 0.1) is 5.92 Å². The Labute approximate surface area is 109 Å². The van der Waals surface area contributed by atoms with E-state index in [1.165, 1.54) is 25.7 Å². The van der Waals surface area contributed by atoms with Crippen LogP contribution in [0.1, 0.15) is 53.4 Å². The molecule has 0 aromatic carbocycles. The molecule has 0 spiro atoms. The second-order valence-electron chi connectivity index (χ2n) is 6.70. The normalized spacial score (nSPS) is 27.4. The Bertz CT molecular complexity index is 368. The van der Waals surface area contributed by atoms with Crippen molar-refractivity contribution in [3.63, 3.8) is 0 Å². The van der Waals surface area contributed by atoms with Crippen molar-refractivity contribution in [1.29, 1.82) is 0 Å². The second kappa shape index (κ2) is 4.25. The predicted molar refractivity (Wildman–Crippen MR) is 70.0 cm³/mol. The summed E-state index contributed by atoms with van der Waals surface area (Å²) in [6, 6.07) is 0. The van der Waals surface area contributed by atoms with Gasteiger partial charge >= 0.3 is 0 Å². The Morgan fingerprint density at radius 1 is 1.17 bits per heavy atom. The van der Waals surface area contributed by atoms with Gasteiger partial charge in [0.2, 0.25) is 11.8 Å². The minimum atomic E-state index is -0.773.